The molecule has 138 valence electrons. The highest BCUT2D eigenvalue weighted by molar-refractivity contribution is 5.84. The minimum Gasteiger partial charge on any atom is -0.444 e. The van der Waals surface area contributed by atoms with E-state index in [1.54, 1.807) is 0 Å². The molecule has 0 saturated heterocycles. The molecule has 2 amide bonds. The van der Waals surface area contributed by atoms with Crippen LogP contribution >= 0.6 is 0 Å². The van der Waals surface area contributed by atoms with E-state index in [1.807, 2.05) is 52.0 Å². The molecule has 0 aromatic heterocycles. The van der Waals surface area contributed by atoms with E-state index in [-0.39, 0.29) is 11.8 Å². The van der Waals surface area contributed by atoms with Crippen LogP contribution in [0.25, 0.3) is 0 Å². The molecule has 1 unspecified atom stereocenters. The molecule has 25 heavy (non-hydrogen) atoms. The molecule has 5 nitrogen and oxygen atoms in total. The van der Waals surface area contributed by atoms with Crippen molar-refractivity contribution >= 4 is 17.7 Å². The van der Waals surface area contributed by atoms with Gasteiger partial charge in [-0.15, -0.1) is 0 Å². The molecule has 1 fully saturated rings. The van der Waals surface area contributed by atoms with Crippen molar-refractivity contribution in [3.05, 3.63) is 29.8 Å². The van der Waals surface area contributed by atoms with E-state index in [2.05, 4.69) is 10.6 Å². The van der Waals surface area contributed by atoms with Crippen LogP contribution in [-0.2, 0) is 16.0 Å². The second-order valence-corrected chi connectivity index (χ2v) is 7.84. The Balaban J connectivity index is 1.67. The fourth-order valence-electron chi connectivity index (χ4n) is 2.65. The van der Waals surface area contributed by atoms with E-state index in [4.69, 9.17) is 4.74 Å². The number of amides is 2. The molecule has 1 aliphatic rings. The van der Waals surface area contributed by atoms with Gasteiger partial charge in [0.1, 0.15) is 5.60 Å². The number of anilines is 1. The first-order chi connectivity index (χ1) is 11.7. The van der Waals surface area contributed by atoms with Gasteiger partial charge in [0, 0.05) is 18.2 Å². The van der Waals surface area contributed by atoms with Crippen LogP contribution in [-0.4, -0.2) is 24.1 Å². The average Bonchev–Trinajstić information content (AvgIpc) is 3.35. The largest absolute Gasteiger partial charge is 0.444 e. The van der Waals surface area contributed by atoms with Crippen molar-refractivity contribution in [1.82, 2.24) is 5.32 Å². The van der Waals surface area contributed by atoms with Crippen molar-refractivity contribution in [2.75, 3.05) is 11.9 Å². The van der Waals surface area contributed by atoms with Crippen LogP contribution in [0.1, 0.15) is 52.5 Å². The Morgan fingerprint density at radius 2 is 1.84 bits per heavy atom. The molecule has 0 heterocycles. The lowest BCUT2D eigenvalue weighted by atomic mass is 10.1. The SMILES string of the molecule is CC(C(=O)NCCCc1ccc(NC(=O)OC(C)(C)C)cc1)C1CC1. The number of carbonyl (C=O) groups is 2. The number of hydrogen-bond donors (Lipinski definition) is 2. The van der Waals surface area contributed by atoms with Crippen LogP contribution < -0.4 is 10.6 Å². The van der Waals surface area contributed by atoms with Crippen molar-refractivity contribution in [2.24, 2.45) is 11.8 Å². The Hall–Kier alpha value is -2.04. The first-order valence-electron chi connectivity index (χ1n) is 9.11. The average molecular weight is 346 g/mol. The molecule has 1 aliphatic carbocycles. The quantitative estimate of drug-likeness (QED) is 0.730. The van der Waals surface area contributed by atoms with Gasteiger partial charge in [-0.1, -0.05) is 19.1 Å². The minimum absolute atomic E-state index is 0.151. The highest BCUT2D eigenvalue weighted by Crippen LogP contribution is 2.36. The second-order valence-electron chi connectivity index (χ2n) is 7.84. The zero-order chi connectivity index (χ0) is 18.4. The maximum atomic E-state index is 11.9. The zero-order valence-electron chi connectivity index (χ0n) is 15.7. The highest BCUT2D eigenvalue weighted by Gasteiger charge is 2.32. The number of ether oxygens (including phenoxy) is 1. The van der Waals surface area contributed by atoms with E-state index >= 15 is 0 Å². The van der Waals surface area contributed by atoms with Crippen LogP contribution in [0.2, 0.25) is 0 Å². The molecule has 5 heteroatoms. The van der Waals surface area contributed by atoms with Crippen LogP contribution in [0, 0.1) is 11.8 Å². The number of carbonyl (C=O) groups excluding carboxylic acids is 2. The third kappa shape index (κ3) is 7.16. The number of hydrogen-bond acceptors (Lipinski definition) is 3. The second kappa shape index (κ2) is 8.37. The Kier molecular flexibility index (Phi) is 6.45. The number of rotatable bonds is 7. The predicted molar refractivity (Wildman–Crippen MR) is 99.5 cm³/mol. The van der Waals surface area contributed by atoms with Gasteiger partial charge in [0.15, 0.2) is 0 Å². The lowest BCUT2D eigenvalue weighted by molar-refractivity contribution is -0.125. The van der Waals surface area contributed by atoms with Gasteiger partial charge in [-0.05, 0) is 70.1 Å². The Labute approximate surface area is 150 Å². The summed E-state index contributed by atoms with van der Waals surface area (Å²) in [5.74, 6) is 0.933. The van der Waals surface area contributed by atoms with Crippen LogP contribution in [0.15, 0.2) is 24.3 Å². The maximum absolute atomic E-state index is 11.9. The molecule has 1 aromatic rings. The fraction of sp³-hybridized carbons (Fsp3) is 0.600. The van der Waals surface area contributed by atoms with E-state index < -0.39 is 11.7 Å². The summed E-state index contributed by atoms with van der Waals surface area (Å²) in [6.45, 7) is 8.22. The van der Waals surface area contributed by atoms with Crippen molar-refractivity contribution in [3.8, 4) is 0 Å². The third-order valence-corrected chi connectivity index (χ3v) is 4.28. The summed E-state index contributed by atoms with van der Waals surface area (Å²) in [7, 11) is 0. The summed E-state index contributed by atoms with van der Waals surface area (Å²) >= 11 is 0. The van der Waals surface area contributed by atoms with Crippen molar-refractivity contribution in [2.45, 2.75) is 59.0 Å². The lowest BCUT2D eigenvalue weighted by Gasteiger charge is -2.19. The molecule has 0 spiro atoms. The predicted octanol–water partition coefficient (Wildman–Crippen LogP) is 4.13. The summed E-state index contributed by atoms with van der Waals surface area (Å²) < 4.78 is 5.22. The standard InChI is InChI=1S/C20H30N2O3/c1-14(16-9-10-16)18(23)21-13-5-6-15-7-11-17(12-8-15)22-19(24)25-20(2,3)4/h7-8,11-12,14,16H,5-6,9-10,13H2,1-4H3,(H,21,23)(H,22,24). The molecule has 1 aromatic carbocycles. The molecule has 0 aliphatic heterocycles. The molecule has 2 rings (SSSR count). The molecule has 2 N–H and O–H groups in total. The molecule has 1 atom stereocenters. The van der Waals surface area contributed by atoms with E-state index in [0.29, 0.717) is 18.2 Å². The van der Waals surface area contributed by atoms with Crippen LogP contribution in [0.4, 0.5) is 10.5 Å². The van der Waals surface area contributed by atoms with Gasteiger partial charge < -0.3 is 10.1 Å². The highest BCUT2D eigenvalue weighted by atomic mass is 16.6. The molecule has 0 radical (unpaired) electrons. The first kappa shape index (κ1) is 19.3. The zero-order valence-corrected chi connectivity index (χ0v) is 15.7. The van der Waals surface area contributed by atoms with E-state index in [0.717, 1.165) is 12.8 Å². The summed E-state index contributed by atoms with van der Waals surface area (Å²) in [5, 5.41) is 5.74. The van der Waals surface area contributed by atoms with Gasteiger partial charge in [0.2, 0.25) is 5.91 Å². The Morgan fingerprint density at radius 3 is 2.40 bits per heavy atom. The molecular weight excluding hydrogens is 316 g/mol. The Bertz CT molecular complexity index is 586. The number of nitrogens with one attached hydrogen (secondary N) is 2. The van der Waals surface area contributed by atoms with Gasteiger partial charge in [0.25, 0.3) is 0 Å². The minimum atomic E-state index is -0.508. The van der Waals surface area contributed by atoms with Gasteiger partial charge in [-0.25, -0.2) is 4.79 Å². The topological polar surface area (TPSA) is 67.4 Å². The fourth-order valence-corrected chi connectivity index (χ4v) is 2.65. The van der Waals surface area contributed by atoms with E-state index in [1.165, 1.54) is 18.4 Å². The van der Waals surface area contributed by atoms with Crippen LogP contribution in [0.5, 0.6) is 0 Å². The lowest BCUT2D eigenvalue weighted by Crippen LogP contribution is -2.31. The number of aryl methyl sites for hydroxylation is 1. The van der Waals surface area contributed by atoms with Gasteiger partial charge in [-0.3, -0.25) is 10.1 Å². The normalized spacial score (nSPS) is 15.4. The summed E-state index contributed by atoms with van der Waals surface area (Å²) in [6, 6.07) is 7.71. The van der Waals surface area contributed by atoms with Gasteiger partial charge in [0.05, 0.1) is 0 Å². The first-order valence-corrected chi connectivity index (χ1v) is 9.11. The summed E-state index contributed by atoms with van der Waals surface area (Å²) in [6.07, 6.45) is 3.73. The molecule has 1 saturated carbocycles. The van der Waals surface area contributed by atoms with Crippen LogP contribution in [0.3, 0.4) is 0 Å². The van der Waals surface area contributed by atoms with Crippen molar-refractivity contribution in [1.29, 1.82) is 0 Å². The third-order valence-electron chi connectivity index (χ3n) is 4.28. The summed E-state index contributed by atoms with van der Waals surface area (Å²) in [4.78, 5) is 23.6. The van der Waals surface area contributed by atoms with Gasteiger partial charge in [-0.2, -0.15) is 0 Å². The number of benzene rings is 1. The monoisotopic (exact) mass is 346 g/mol. The van der Waals surface area contributed by atoms with E-state index in [9.17, 15) is 9.59 Å². The summed E-state index contributed by atoms with van der Waals surface area (Å²) in [5.41, 5.74) is 1.38. The maximum Gasteiger partial charge on any atom is 0.412 e. The molecule has 0 bridgehead atoms. The van der Waals surface area contributed by atoms with Crippen molar-refractivity contribution in [3.63, 3.8) is 0 Å². The Morgan fingerprint density at radius 1 is 1.20 bits per heavy atom. The smallest absolute Gasteiger partial charge is 0.412 e. The van der Waals surface area contributed by atoms with Gasteiger partial charge >= 0.3 is 6.09 Å². The molecular formula is C20H30N2O3. The van der Waals surface area contributed by atoms with Crippen molar-refractivity contribution < 1.29 is 14.3 Å².